The van der Waals surface area contributed by atoms with Gasteiger partial charge in [0, 0.05) is 45.1 Å². The summed E-state index contributed by atoms with van der Waals surface area (Å²) in [6, 6.07) is 18.9. The molecule has 0 spiro atoms. The first-order chi connectivity index (χ1) is 19.9. The number of hydrogen-bond acceptors (Lipinski definition) is 6. The first-order valence-corrected chi connectivity index (χ1v) is 14.9. The molecule has 3 heterocycles. The summed E-state index contributed by atoms with van der Waals surface area (Å²) in [6.07, 6.45) is 12.0. The van der Waals surface area contributed by atoms with Crippen LogP contribution in [0.15, 0.2) is 79.1 Å². The van der Waals surface area contributed by atoms with Crippen molar-refractivity contribution in [2.24, 2.45) is 0 Å². The maximum atomic E-state index is 13.5. The quantitative estimate of drug-likeness (QED) is 0.264. The molecule has 41 heavy (non-hydrogen) atoms. The molecule has 1 aliphatic carbocycles. The molecule has 216 valence electrons. The zero-order valence-electron chi connectivity index (χ0n) is 24.6. The number of fused-ring (bicyclic) bond motifs is 2. The van der Waals surface area contributed by atoms with E-state index in [0.29, 0.717) is 6.54 Å². The summed E-state index contributed by atoms with van der Waals surface area (Å²) >= 11 is 0. The summed E-state index contributed by atoms with van der Waals surface area (Å²) in [5.41, 5.74) is 5.52. The smallest absolute Gasteiger partial charge is 0.410 e. The second-order valence-electron chi connectivity index (χ2n) is 12.1. The van der Waals surface area contributed by atoms with Crippen LogP contribution >= 0.6 is 0 Å². The molecule has 2 atom stereocenters. The standard InChI is InChI=1S/C34H43N5O2/c1-34(2,3)41-33(40)39-24-28-13-5-4-12-27(28)22-30(39)25-38(31-17-10-14-26-15-11-20-37-32(26)31)21-9-8-18-35-23-29-16-6-7-19-36-29/h4-9,11-13,15-16,19-20,30-31,35H,10,14,17-18,21-25H2,1-3H3/b9-8+/t30-,31+/m1/s1. The Morgan fingerprint density at radius 3 is 2.61 bits per heavy atom. The highest BCUT2D eigenvalue weighted by Gasteiger charge is 2.36. The number of nitrogens with zero attached hydrogens (tertiary/aromatic N) is 4. The van der Waals surface area contributed by atoms with Gasteiger partial charge in [-0.2, -0.15) is 0 Å². The first-order valence-electron chi connectivity index (χ1n) is 14.9. The van der Waals surface area contributed by atoms with Crippen LogP contribution < -0.4 is 5.32 Å². The number of benzene rings is 1. The number of aromatic nitrogens is 2. The van der Waals surface area contributed by atoms with Gasteiger partial charge in [-0.1, -0.05) is 48.6 Å². The molecule has 0 fully saturated rings. The summed E-state index contributed by atoms with van der Waals surface area (Å²) in [7, 11) is 0. The Hall–Kier alpha value is -3.55. The van der Waals surface area contributed by atoms with Gasteiger partial charge in [-0.05, 0) is 81.3 Å². The van der Waals surface area contributed by atoms with E-state index in [1.54, 1.807) is 0 Å². The number of nitrogens with one attached hydrogen (secondary N) is 1. The Labute approximate surface area is 244 Å². The average molecular weight is 554 g/mol. The van der Waals surface area contributed by atoms with Crippen molar-refractivity contribution in [1.29, 1.82) is 0 Å². The van der Waals surface area contributed by atoms with E-state index in [0.717, 1.165) is 57.6 Å². The topological polar surface area (TPSA) is 70.6 Å². The molecule has 1 N–H and O–H groups in total. The number of aryl methyl sites for hydroxylation is 1. The normalized spacial score (nSPS) is 18.8. The summed E-state index contributed by atoms with van der Waals surface area (Å²) in [5, 5.41) is 3.46. The number of carbonyl (C=O) groups excluding carboxylic acids is 1. The SMILES string of the molecule is CC(C)(C)OC(=O)N1Cc2ccccc2C[C@@H]1CN(C/C=C/CNCc1ccccn1)[C@H]1CCCc2cccnc21. The van der Waals surface area contributed by atoms with Gasteiger partial charge in [0.25, 0.3) is 0 Å². The second kappa shape index (κ2) is 13.4. The van der Waals surface area contributed by atoms with Crippen molar-refractivity contribution in [1.82, 2.24) is 25.1 Å². The lowest BCUT2D eigenvalue weighted by atomic mass is 9.89. The van der Waals surface area contributed by atoms with Gasteiger partial charge in [-0.25, -0.2) is 4.79 Å². The molecular weight excluding hydrogens is 510 g/mol. The van der Waals surface area contributed by atoms with E-state index >= 15 is 0 Å². The number of rotatable bonds is 9. The van der Waals surface area contributed by atoms with Gasteiger partial charge >= 0.3 is 6.09 Å². The van der Waals surface area contributed by atoms with Crippen LogP contribution in [0.25, 0.3) is 0 Å². The number of hydrogen-bond donors (Lipinski definition) is 1. The van der Waals surface area contributed by atoms with Crippen LogP contribution in [-0.4, -0.2) is 57.1 Å². The lowest BCUT2D eigenvalue weighted by Crippen LogP contribution is -2.52. The molecule has 0 saturated heterocycles. The lowest BCUT2D eigenvalue weighted by molar-refractivity contribution is 0.00548. The number of amides is 1. The predicted octanol–water partition coefficient (Wildman–Crippen LogP) is 5.86. The fourth-order valence-corrected chi connectivity index (χ4v) is 5.90. The van der Waals surface area contributed by atoms with E-state index in [1.807, 2.05) is 62.3 Å². The molecule has 2 aromatic heterocycles. The summed E-state index contributed by atoms with van der Waals surface area (Å²) < 4.78 is 5.90. The van der Waals surface area contributed by atoms with Crippen molar-refractivity contribution >= 4 is 6.09 Å². The minimum Gasteiger partial charge on any atom is -0.444 e. The lowest BCUT2D eigenvalue weighted by Gasteiger charge is -2.42. The van der Waals surface area contributed by atoms with Gasteiger partial charge in [0.1, 0.15) is 5.60 Å². The van der Waals surface area contributed by atoms with Crippen molar-refractivity contribution < 1.29 is 9.53 Å². The van der Waals surface area contributed by atoms with E-state index in [2.05, 4.69) is 57.7 Å². The van der Waals surface area contributed by atoms with E-state index < -0.39 is 5.60 Å². The highest BCUT2D eigenvalue weighted by atomic mass is 16.6. The monoisotopic (exact) mass is 553 g/mol. The molecule has 5 rings (SSSR count). The van der Waals surface area contributed by atoms with Crippen LogP contribution in [0.4, 0.5) is 4.79 Å². The Balaban J connectivity index is 1.35. The molecule has 7 heteroatoms. The zero-order chi connectivity index (χ0) is 28.7. The largest absolute Gasteiger partial charge is 0.444 e. The fraction of sp³-hybridized carbons (Fsp3) is 0.441. The van der Waals surface area contributed by atoms with Crippen molar-refractivity contribution in [3.63, 3.8) is 0 Å². The van der Waals surface area contributed by atoms with Crippen molar-refractivity contribution in [2.75, 3.05) is 19.6 Å². The van der Waals surface area contributed by atoms with E-state index in [4.69, 9.17) is 9.72 Å². The molecule has 7 nitrogen and oxygen atoms in total. The van der Waals surface area contributed by atoms with Crippen LogP contribution in [0.5, 0.6) is 0 Å². The molecule has 0 radical (unpaired) electrons. The number of ether oxygens (including phenoxy) is 1. The zero-order valence-corrected chi connectivity index (χ0v) is 24.6. The van der Waals surface area contributed by atoms with Crippen LogP contribution in [-0.2, 0) is 30.7 Å². The maximum absolute atomic E-state index is 13.5. The van der Waals surface area contributed by atoms with Gasteiger partial charge in [-0.3, -0.25) is 19.8 Å². The van der Waals surface area contributed by atoms with Crippen molar-refractivity contribution in [3.05, 3.63) is 107 Å². The Kier molecular flexibility index (Phi) is 9.47. The van der Waals surface area contributed by atoms with Gasteiger partial charge in [0.2, 0.25) is 0 Å². The minimum atomic E-state index is -0.546. The van der Waals surface area contributed by atoms with Crippen molar-refractivity contribution in [2.45, 2.75) is 77.2 Å². The molecule has 0 saturated carbocycles. The number of pyridine rings is 2. The van der Waals surface area contributed by atoms with E-state index in [-0.39, 0.29) is 18.2 Å². The average Bonchev–Trinajstić information content (AvgIpc) is 2.97. The first kappa shape index (κ1) is 29.0. The van der Waals surface area contributed by atoms with Crippen LogP contribution in [0.3, 0.4) is 0 Å². The molecule has 2 aliphatic rings. The third-order valence-corrected chi connectivity index (χ3v) is 7.84. The van der Waals surface area contributed by atoms with Gasteiger partial charge in [0.15, 0.2) is 0 Å². The van der Waals surface area contributed by atoms with Crippen LogP contribution in [0.2, 0.25) is 0 Å². The van der Waals surface area contributed by atoms with Gasteiger partial charge in [-0.15, -0.1) is 0 Å². The Morgan fingerprint density at radius 1 is 1.02 bits per heavy atom. The maximum Gasteiger partial charge on any atom is 0.410 e. The van der Waals surface area contributed by atoms with E-state index in [9.17, 15) is 4.79 Å². The van der Waals surface area contributed by atoms with E-state index in [1.165, 1.54) is 22.4 Å². The van der Waals surface area contributed by atoms with Gasteiger partial charge in [0.05, 0.1) is 23.5 Å². The molecule has 0 unspecified atom stereocenters. The van der Waals surface area contributed by atoms with Gasteiger partial charge < -0.3 is 10.1 Å². The Morgan fingerprint density at radius 2 is 1.80 bits per heavy atom. The molecule has 1 aliphatic heterocycles. The number of carbonyl (C=O) groups is 1. The Bertz CT molecular complexity index is 1320. The molecular formula is C34H43N5O2. The van der Waals surface area contributed by atoms with Crippen LogP contribution in [0, 0.1) is 0 Å². The molecule has 1 aromatic carbocycles. The summed E-state index contributed by atoms with van der Waals surface area (Å²) in [4.78, 5) is 27.2. The molecule has 0 bridgehead atoms. The highest BCUT2D eigenvalue weighted by Crippen LogP contribution is 2.34. The van der Waals surface area contributed by atoms with Crippen molar-refractivity contribution in [3.8, 4) is 0 Å². The third kappa shape index (κ3) is 7.80. The summed E-state index contributed by atoms with van der Waals surface area (Å²) in [6.45, 7) is 9.40. The minimum absolute atomic E-state index is 0.00418. The fourth-order valence-electron chi connectivity index (χ4n) is 5.90. The highest BCUT2D eigenvalue weighted by molar-refractivity contribution is 5.69. The molecule has 3 aromatic rings. The molecule has 1 amide bonds. The summed E-state index contributed by atoms with van der Waals surface area (Å²) in [5.74, 6) is 0. The predicted molar refractivity (Wildman–Crippen MR) is 162 cm³/mol. The third-order valence-electron chi connectivity index (χ3n) is 7.84. The second-order valence-corrected chi connectivity index (χ2v) is 12.1. The van der Waals surface area contributed by atoms with Crippen LogP contribution in [0.1, 0.15) is 67.7 Å².